The molecule has 0 unspecified atom stereocenters. The van der Waals surface area contributed by atoms with Crippen molar-refractivity contribution in [3.05, 3.63) is 395 Å². The van der Waals surface area contributed by atoms with E-state index in [4.69, 9.17) is 20.6 Å². The second-order valence-corrected chi connectivity index (χ2v) is 37.1. The standard InChI is InChI=1S/C23H24.C22H22.2C16H18.2C13H20.C11H16/c1-17-10-8-13-19(16-17)21-15-9-14-20(22(21)23(2,3)4)18-11-6-5-7-12-18;1-22(2,3)21-15-19(17-10-6-4-7-11-17)14-20(16-21)18-12-8-5-9-13-18;2*1-16(2,3)15-12-8-7-11-14(15)13-9-5-4-6-10-13;2*1-10(2)11-8-6-7-9-12(11)13(3,4)5;1-9-7-5-6-8-10(9)11(2,3)4/h5-16H,1-4H3;4-16H,1-3H3;2*4-12H,1-3H3;2*6-10H,1-5H3;5-8H,1-4H3/i5D,6D,7D,8D,10D,11D,12D,13D,16D;;4D,5D,6D,9D,10D;;10D;;. The van der Waals surface area contributed by atoms with E-state index in [9.17, 15) is 0 Å². The third-order valence-corrected chi connectivity index (χ3v) is 19.6. The summed E-state index contributed by atoms with van der Waals surface area (Å²) in [6.07, 6.45) is 0. The van der Waals surface area contributed by atoms with Crippen LogP contribution in [-0.4, -0.2) is 0 Å². The van der Waals surface area contributed by atoms with Gasteiger partial charge in [0.05, 0.1) is 19.2 Å². The van der Waals surface area contributed by atoms with Crippen molar-refractivity contribution in [1.29, 1.82) is 0 Å². The van der Waals surface area contributed by atoms with Gasteiger partial charge in [-0.15, -0.1) is 0 Å². The molecule has 0 saturated heterocycles. The first-order valence-electron chi connectivity index (χ1n) is 47.8. The number of benzene rings is 13. The zero-order chi connectivity index (χ0) is 96.9. The van der Waals surface area contributed by atoms with Gasteiger partial charge >= 0.3 is 0 Å². The maximum Gasteiger partial charge on any atom is 0.0632 e. The van der Waals surface area contributed by atoms with Crippen molar-refractivity contribution < 1.29 is 20.6 Å². The van der Waals surface area contributed by atoms with Gasteiger partial charge < -0.3 is 0 Å². The van der Waals surface area contributed by atoms with Gasteiger partial charge in [0.25, 0.3) is 0 Å². The molecule has 13 rings (SSSR count). The van der Waals surface area contributed by atoms with Crippen molar-refractivity contribution in [2.45, 2.75) is 237 Å². The van der Waals surface area contributed by atoms with Crippen LogP contribution in [0.25, 0.3) is 66.8 Å². The number of rotatable bonds is 8. The second kappa shape index (κ2) is 40.7. The van der Waals surface area contributed by atoms with E-state index in [-0.39, 0.29) is 121 Å². The fourth-order valence-corrected chi connectivity index (χ4v) is 13.8. The first kappa shape index (κ1) is 70.5. The van der Waals surface area contributed by atoms with Gasteiger partial charge in [-0.1, -0.05) is 506 Å². The fourth-order valence-electron chi connectivity index (χ4n) is 13.8. The third-order valence-electron chi connectivity index (χ3n) is 19.6. The minimum Gasteiger partial charge on any atom is -0.0622 e. The molecule has 0 saturated carbocycles. The molecule has 594 valence electrons. The van der Waals surface area contributed by atoms with E-state index >= 15 is 0 Å². The molecule has 0 spiro atoms. The van der Waals surface area contributed by atoms with E-state index in [0.29, 0.717) is 28.2 Å². The van der Waals surface area contributed by atoms with Crippen LogP contribution in [0, 0.1) is 13.8 Å². The molecule has 0 atom stereocenters. The number of hydrogen-bond acceptors (Lipinski definition) is 0. The van der Waals surface area contributed by atoms with Gasteiger partial charge in [0.1, 0.15) is 0 Å². The summed E-state index contributed by atoms with van der Waals surface area (Å²) < 4.78 is 122. The van der Waals surface area contributed by atoms with Crippen LogP contribution in [0.5, 0.6) is 0 Å². The van der Waals surface area contributed by atoms with Crippen LogP contribution in [0.1, 0.15) is 267 Å². The minimum atomic E-state index is -0.594. The largest absolute Gasteiger partial charge is 0.0632 e. The number of aryl methyl sites for hydroxylation is 1. The predicted octanol–water partition coefficient (Wildman–Crippen LogP) is 33.8. The van der Waals surface area contributed by atoms with Crippen LogP contribution in [0.4, 0.5) is 0 Å². The van der Waals surface area contributed by atoms with Crippen molar-refractivity contribution in [2.75, 3.05) is 0 Å². The van der Waals surface area contributed by atoms with Gasteiger partial charge in [0.2, 0.25) is 0 Å². The van der Waals surface area contributed by atoms with Gasteiger partial charge in [-0.05, 0) is 192 Å². The summed E-state index contributed by atoms with van der Waals surface area (Å²) in [5.41, 5.74) is 22.9. The lowest BCUT2D eigenvalue weighted by atomic mass is 9.77. The highest BCUT2D eigenvalue weighted by molar-refractivity contribution is 5.81. The molecule has 13 aromatic rings. The average molecular weight is 1520 g/mol. The van der Waals surface area contributed by atoms with Gasteiger partial charge in [-0.3, -0.25) is 0 Å². The second-order valence-electron chi connectivity index (χ2n) is 37.1. The topological polar surface area (TPSA) is 0 Å². The lowest BCUT2D eigenvalue weighted by molar-refractivity contribution is 0.577. The van der Waals surface area contributed by atoms with Crippen LogP contribution in [0.3, 0.4) is 0 Å². The lowest BCUT2D eigenvalue weighted by Gasteiger charge is -2.27. The van der Waals surface area contributed by atoms with Crippen LogP contribution in [0.15, 0.2) is 333 Å². The Morgan fingerprint density at radius 1 is 0.246 bits per heavy atom. The Hall–Kier alpha value is -10.1. The molecule has 13 aromatic carbocycles. The molecular weight excluding hydrogens is 1370 g/mol. The van der Waals surface area contributed by atoms with E-state index in [2.05, 4.69) is 325 Å². The first-order chi connectivity index (χ1) is 59.7. The first-order valence-corrected chi connectivity index (χ1v) is 40.3. The van der Waals surface area contributed by atoms with Crippen molar-refractivity contribution in [1.82, 2.24) is 0 Å². The molecule has 0 nitrogen and oxygen atoms in total. The molecule has 0 amide bonds. The van der Waals surface area contributed by atoms with Crippen molar-refractivity contribution in [3.8, 4) is 66.8 Å². The van der Waals surface area contributed by atoms with Gasteiger partial charge in [-0.25, -0.2) is 0 Å². The number of hydrogen-bond donors (Lipinski definition) is 0. The van der Waals surface area contributed by atoms with E-state index in [1.807, 2.05) is 85.7 Å². The molecule has 0 heteroatoms. The summed E-state index contributed by atoms with van der Waals surface area (Å²) in [5, 5.41) is 0. The molecule has 0 fully saturated rings. The molecule has 0 aliphatic heterocycles. The Labute approximate surface area is 714 Å². The van der Waals surface area contributed by atoms with Crippen molar-refractivity contribution in [2.24, 2.45) is 0 Å². The summed E-state index contributed by atoms with van der Waals surface area (Å²) >= 11 is 0. The van der Waals surface area contributed by atoms with E-state index in [1.165, 1.54) is 72.3 Å². The molecule has 0 aliphatic carbocycles. The van der Waals surface area contributed by atoms with Crippen molar-refractivity contribution in [3.63, 3.8) is 0 Å². The average Bonchev–Trinajstić information content (AvgIpc) is 0.740. The quantitative estimate of drug-likeness (QED) is 0.142. The van der Waals surface area contributed by atoms with Crippen LogP contribution in [0.2, 0.25) is 0 Å². The van der Waals surface area contributed by atoms with E-state index in [0.717, 1.165) is 11.1 Å². The SMILES string of the molecule is CC(C)(C)c1cc(-c2ccccc2)cc(-c2ccccc2)c1.CC(C)(C)c1ccccc1-c1ccccc1.CC(C)c1ccccc1C(C)(C)C.Cc1ccccc1C(C)(C)C.[2H]C(C)(C)c1ccccc1C(C)(C)C.[2H]c1c([2H])c([2H])c(-c2cccc(-c3c([2H])c([2H])c([2H])c(C)c3[2H])c2C(C)(C)C)c([2H])c1[2H].[2H]c1c([2H])c([2H])c(-c2ccccc2C(C)(C)C)c([2H])c1[2H]. The van der Waals surface area contributed by atoms with Gasteiger partial charge in [0.15, 0.2) is 0 Å². The molecule has 0 N–H and O–H groups in total. The molecule has 0 heterocycles. The minimum absolute atomic E-state index is 0.0280. The Morgan fingerprint density at radius 3 is 0.939 bits per heavy atom. The predicted molar refractivity (Wildman–Crippen MR) is 506 cm³/mol. The van der Waals surface area contributed by atoms with Crippen LogP contribution < -0.4 is 0 Å². The summed E-state index contributed by atoms with van der Waals surface area (Å²) in [6, 6.07) is 81.6. The van der Waals surface area contributed by atoms with Crippen LogP contribution >= 0.6 is 0 Å². The molecule has 114 heavy (non-hydrogen) atoms. The Balaban J connectivity index is 0.000000212. The maximum atomic E-state index is 8.59. The Kier molecular flexibility index (Phi) is 25.2. The molecule has 0 radical (unpaired) electrons. The Bertz CT molecular complexity index is 5700. The summed E-state index contributed by atoms with van der Waals surface area (Å²) in [4.78, 5) is 0. The van der Waals surface area contributed by atoms with Gasteiger partial charge in [0, 0.05) is 1.37 Å². The summed E-state index contributed by atoms with van der Waals surface area (Å²) in [7, 11) is 0. The molecule has 0 aromatic heterocycles. The smallest absolute Gasteiger partial charge is 0.0622 e. The van der Waals surface area contributed by atoms with Gasteiger partial charge in [-0.2, -0.15) is 0 Å². The van der Waals surface area contributed by atoms with Crippen molar-refractivity contribution >= 4 is 0 Å². The molecule has 0 bridgehead atoms. The van der Waals surface area contributed by atoms with E-state index in [1.54, 1.807) is 25.1 Å². The summed E-state index contributed by atoms with van der Waals surface area (Å²) in [6.45, 7) is 57.7. The Morgan fingerprint density at radius 2 is 0.570 bits per heavy atom. The summed E-state index contributed by atoms with van der Waals surface area (Å²) in [5.74, 6) is 0.111. The monoisotopic (exact) mass is 1520 g/mol. The molecular formula is C114H138. The fraction of sp³-hybridized carbons (Fsp3) is 0.316. The maximum absolute atomic E-state index is 8.59. The zero-order valence-corrected chi connectivity index (χ0v) is 73.7. The zero-order valence-electron chi connectivity index (χ0n) is 88.7. The van der Waals surface area contributed by atoms with Crippen LogP contribution in [-0.2, 0) is 37.9 Å². The normalized spacial score (nSPS) is 13.6. The molecule has 0 aliphatic rings. The highest BCUT2D eigenvalue weighted by atomic mass is 14.3. The lowest BCUT2D eigenvalue weighted by Crippen LogP contribution is -2.14. The highest BCUT2D eigenvalue weighted by Gasteiger charge is 2.26. The highest BCUT2D eigenvalue weighted by Crippen LogP contribution is 2.42. The third kappa shape index (κ3) is 27.3. The van der Waals surface area contributed by atoms with E-state index < -0.39 is 29.4 Å².